The Morgan fingerprint density at radius 1 is 1.35 bits per heavy atom. The Morgan fingerprint density at radius 2 is 1.96 bits per heavy atom. The van der Waals surface area contributed by atoms with Crippen molar-refractivity contribution in [3.8, 4) is 11.8 Å². The summed E-state index contributed by atoms with van der Waals surface area (Å²) in [5, 5.41) is 9.50. The van der Waals surface area contributed by atoms with Crippen LogP contribution in [0.3, 0.4) is 0 Å². The minimum atomic E-state index is -0.283. The number of nitrogens with zero attached hydrogens (tertiary/aromatic N) is 2. The maximum Gasteiger partial charge on any atom is 0.309 e. The van der Waals surface area contributed by atoms with Gasteiger partial charge in [0.15, 0.2) is 0 Å². The highest BCUT2D eigenvalue weighted by molar-refractivity contribution is 5.85. The molecular weight excluding hydrogens is 316 g/mol. The van der Waals surface area contributed by atoms with E-state index in [0.29, 0.717) is 6.61 Å². The summed E-state index contributed by atoms with van der Waals surface area (Å²) in [6.07, 6.45) is 1.49. The first kappa shape index (κ1) is 19.3. The number of halogens is 1. The van der Waals surface area contributed by atoms with Crippen molar-refractivity contribution in [3.05, 3.63) is 29.8 Å². The maximum atomic E-state index is 11.8. The fourth-order valence-corrected chi connectivity index (χ4v) is 2.81. The van der Waals surface area contributed by atoms with Gasteiger partial charge in [0.05, 0.1) is 25.7 Å². The van der Waals surface area contributed by atoms with Crippen LogP contribution >= 0.6 is 12.4 Å². The molecule has 1 fully saturated rings. The molecule has 126 valence electrons. The molecule has 1 heterocycles. The van der Waals surface area contributed by atoms with Crippen molar-refractivity contribution in [1.29, 1.82) is 5.26 Å². The number of esters is 1. The molecule has 2 rings (SSSR count). The van der Waals surface area contributed by atoms with Crippen LogP contribution in [0, 0.1) is 17.2 Å². The normalized spacial score (nSPS) is 16.7. The molecule has 0 saturated carbocycles. The van der Waals surface area contributed by atoms with E-state index in [1.165, 1.54) is 0 Å². The Morgan fingerprint density at radius 3 is 2.43 bits per heavy atom. The van der Waals surface area contributed by atoms with E-state index in [4.69, 9.17) is 9.47 Å². The van der Waals surface area contributed by atoms with Crippen molar-refractivity contribution in [3.63, 3.8) is 0 Å². The van der Waals surface area contributed by atoms with E-state index in [2.05, 4.69) is 11.0 Å². The summed E-state index contributed by atoms with van der Waals surface area (Å²) < 4.78 is 10.2. The Hall–Kier alpha value is -1.77. The van der Waals surface area contributed by atoms with Gasteiger partial charge < -0.3 is 9.47 Å². The predicted octanol–water partition coefficient (Wildman–Crippen LogP) is 2.96. The van der Waals surface area contributed by atoms with Crippen LogP contribution < -0.4 is 4.74 Å². The summed E-state index contributed by atoms with van der Waals surface area (Å²) in [7, 11) is 1.62. The summed E-state index contributed by atoms with van der Waals surface area (Å²) >= 11 is 0. The summed E-state index contributed by atoms with van der Waals surface area (Å²) in [6, 6.07) is 9.65. The topological polar surface area (TPSA) is 62.6 Å². The van der Waals surface area contributed by atoms with Gasteiger partial charge in [-0.2, -0.15) is 5.26 Å². The maximum absolute atomic E-state index is 11.8. The molecular formula is C17H23ClN2O3. The smallest absolute Gasteiger partial charge is 0.309 e. The molecule has 5 nitrogen and oxygen atoms in total. The molecule has 23 heavy (non-hydrogen) atoms. The molecule has 0 amide bonds. The molecule has 0 aromatic heterocycles. The second-order valence-electron chi connectivity index (χ2n) is 5.37. The monoisotopic (exact) mass is 338 g/mol. The minimum Gasteiger partial charge on any atom is -0.497 e. The van der Waals surface area contributed by atoms with E-state index in [0.717, 1.165) is 37.2 Å². The fourth-order valence-electron chi connectivity index (χ4n) is 2.81. The van der Waals surface area contributed by atoms with Crippen LogP contribution in [0.4, 0.5) is 0 Å². The van der Waals surface area contributed by atoms with Gasteiger partial charge in [0.25, 0.3) is 0 Å². The number of piperidine rings is 1. The lowest BCUT2D eigenvalue weighted by Gasteiger charge is -2.33. The molecule has 1 aromatic carbocycles. The molecule has 1 atom stereocenters. The first-order chi connectivity index (χ1) is 10.7. The van der Waals surface area contributed by atoms with Crippen LogP contribution in [-0.2, 0) is 9.53 Å². The van der Waals surface area contributed by atoms with Crippen LogP contribution in [0.15, 0.2) is 24.3 Å². The van der Waals surface area contributed by atoms with Crippen molar-refractivity contribution in [2.75, 3.05) is 26.8 Å². The third-order valence-corrected chi connectivity index (χ3v) is 4.07. The van der Waals surface area contributed by atoms with E-state index in [-0.39, 0.29) is 30.3 Å². The number of carbonyl (C=O) groups excluding carboxylic acids is 1. The molecule has 1 aliphatic heterocycles. The number of ether oxygens (including phenoxy) is 2. The number of methoxy groups -OCH3 is 1. The molecule has 1 unspecified atom stereocenters. The number of nitriles is 1. The molecule has 0 bridgehead atoms. The number of carbonyl (C=O) groups is 1. The van der Waals surface area contributed by atoms with Gasteiger partial charge in [0, 0.05) is 13.1 Å². The lowest BCUT2D eigenvalue weighted by molar-refractivity contribution is -0.149. The van der Waals surface area contributed by atoms with Gasteiger partial charge in [0.2, 0.25) is 0 Å². The Kier molecular flexibility index (Phi) is 7.87. The van der Waals surface area contributed by atoms with Crippen molar-refractivity contribution < 1.29 is 14.3 Å². The Labute approximate surface area is 143 Å². The average Bonchev–Trinajstić information content (AvgIpc) is 2.57. The van der Waals surface area contributed by atoms with Gasteiger partial charge in [-0.3, -0.25) is 9.69 Å². The molecule has 0 N–H and O–H groups in total. The molecule has 1 aromatic rings. The molecule has 6 heteroatoms. The fraction of sp³-hybridized carbons (Fsp3) is 0.529. The molecule has 1 saturated heterocycles. The lowest BCUT2D eigenvalue weighted by atomic mass is 9.94. The van der Waals surface area contributed by atoms with Gasteiger partial charge in [0.1, 0.15) is 11.8 Å². The zero-order valence-corrected chi connectivity index (χ0v) is 14.3. The van der Waals surface area contributed by atoms with Crippen molar-refractivity contribution in [1.82, 2.24) is 4.90 Å². The van der Waals surface area contributed by atoms with Gasteiger partial charge in [-0.15, -0.1) is 12.4 Å². The first-order valence-corrected chi connectivity index (χ1v) is 7.63. The van der Waals surface area contributed by atoms with E-state index in [1.54, 1.807) is 7.11 Å². The third-order valence-electron chi connectivity index (χ3n) is 4.07. The van der Waals surface area contributed by atoms with Crippen molar-refractivity contribution >= 4 is 18.4 Å². The molecule has 0 aliphatic carbocycles. The molecule has 0 radical (unpaired) electrons. The largest absolute Gasteiger partial charge is 0.497 e. The molecule has 1 aliphatic rings. The van der Waals surface area contributed by atoms with Gasteiger partial charge in [-0.25, -0.2) is 0 Å². The van der Waals surface area contributed by atoms with Gasteiger partial charge in [-0.05, 0) is 37.5 Å². The van der Waals surface area contributed by atoms with E-state index in [1.807, 2.05) is 31.2 Å². The standard InChI is InChI=1S/C17H22N2O3.ClH/c1-3-22-17(20)14-8-10-19(11-9-14)16(12-18)13-4-6-15(21-2)7-5-13;/h4-7,14,16H,3,8-11H2,1-2H3;1H. The van der Waals surface area contributed by atoms with Crippen molar-refractivity contribution in [2.45, 2.75) is 25.8 Å². The number of hydrogen-bond acceptors (Lipinski definition) is 5. The van der Waals surface area contributed by atoms with Crippen LogP contribution in [0.2, 0.25) is 0 Å². The van der Waals surface area contributed by atoms with Gasteiger partial charge >= 0.3 is 5.97 Å². The summed E-state index contributed by atoms with van der Waals surface area (Å²) in [5.74, 6) is 0.632. The van der Waals surface area contributed by atoms with Crippen LogP contribution in [0.5, 0.6) is 5.75 Å². The highest BCUT2D eigenvalue weighted by atomic mass is 35.5. The van der Waals surface area contributed by atoms with E-state index < -0.39 is 0 Å². The van der Waals surface area contributed by atoms with Crippen molar-refractivity contribution in [2.24, 2.45) is 5.92 Å². The van der Waals surface area contributed by atoms with Crippen LogP contribution in [-0.4, -0.2) is 37.7 Å². The summed E-state index contributed by atoms with van der Waals surface area (Å²) in [5.41, 5.74) is 0.956. The first-order valence-electron chi connectivity index (χ1n) is 7.63. The Balaban J connectivity index is 0.00000264. The second-order valence-corrected chi connectivity index (χ2v) is 5.37. The molecule has 0 spiro atoms. The number of rotatable bonds is 5. The van der Waals surface area contributed by atoms with E-state index >= 15 is 0 Å². The second kappa shape index (κ2) is 9.39. The predicted molar refractivity (Wildman–Crippen MR) is 89.5 cm³/mol. The highest BCUT2D eigenvalue weighted by Crippen LogP contribution is 2.28. The third kappa shape index (κ3) is 4.85. The lowest BCUT2D eigenvalue weighted by Crippen LogP contribution is -2.38. The quantitative estimate of drug-likeness (QED) is 0.772. The number of benzene rings is 1. The number of likely N-dealkylation sites (tertiary alicyclic amines) is 1. The SMILES string of the molecule is CCOC(=O)C1CCN(C(C#N)c2ccc(OC)cc2)CC1.Cl. The van der Waals surface area contributed by atoms with Gasteiger partial charge in [-0.1, -0.05) is 12.1 Å². The Bertz CT molecular complexity index is 534. The van der Waals surface area contributed by atoms with Crippen LogP contribution in [0.25, 0.3) is 0 Å². The van der Waals surface area contributed by atoms with E-state index in [9.17, 15) is 10.1 Å². The highest BCUT2D eigenvalue weighted by Gasteiger charge is 2.30. The number of hydrogen-bond donors (Lipinski definition) is 0. The van der Waals surface area contributed by atoms with Crippen LogP contribution in [0.1, 0.15) is 31.4 Å². The summed E-state index contributed by atoms with van der Waals surface area (Å²) in [4.78, 5) is 13.9. The summed E-state index contributed by atoms with van der Waals surface area (Å²) in [6.45, 7) is 3.70. The zero-order valence-electron chi connectivity index (χ0n) is 13.5. The average molecular weight is 339 g/mol. The minimum absolute atomic E-state index is 0. The zero-order chi connectivity index (χ0) is 15.9.